The molecule has 10 heteroatoms. The first-order valence-electron chi connectivity index (χ1n) is 8.31. The van der Waals surface area contributed by atoms with Crippen LogP contribution in [0, 0.1) is 0 Å². The molecule has 0 atom stereocenters. The van der Waals surface area contributed by atoms with E-state index in [1.807, 2.05) is 0 Å². The molecule has 3 aromatic rings. The lowest BCUT2D eigenvalue weighted by Crippen LogP contribution is -2.06. The third-order valence-electron chi connectivity index (χ3n) is 3.79. The normalized spacial score (nSPS) is 11.9. The van der Waals surface area contributed by atoms with Crippen LogP contribution in [-0.2, 0) is 12.4 Å². The topological polar surface area (TPSA) is 70.5 Å². The summed E-state index contributed by atoms with van der Waals surface area (Å²) >= 11 is 0. The zero-order valence-corrected chi connectivity index (χ0v) is 15.0. The number of benzene rings is 3. The number of alkyl halides is 6. The highest BCUT2D eigenvalue weighted by Gasteiger charge is 2.32. The van der Waals surface area contributed by atoms with E-state index in [1.165, 1.54) is 36.4 Å². The van der Waals surface area contributed by atoms with Crippen LogP contribution in [-0.4, -0.2) is 0 Å². The van der Waals surface area contributed by atoms with E-state index in [0.717, 1.165) is 24.3 Å². The molecule has 0 heterocycles. The van der Waals surface area contributed by atoms with Crippen LogP contribution in [0.4, 0.5) is 37.7 Å². The summed E-state index contributed by atoms with van der Waals surface area (Å²) in [5.41, 5.74) is 8.74. The van der Waals surface area contributed by atoms with Crippen LogP contribution in [0.15, 0.2) is 60.7 Å². The van der Waals surface area contributed by atoms with Gasteiger partial charge in [-0.3, -0.25) is 0 Å². The van der Waals surface area contributed by atoms with Crippen molar-refractivity contribution >= 4 is 11.4 Å². The van der Waals surface area contributed by atoms with Crippen molar-refractivity contribution in [1.82, 2.24) is 0 Å². The van der Waals surface area contributed by atoms with Gasteiger partial charge in [-0.25, -0.2) is 0 Å². The summed E-state index contributed by atoms with van der Waals surface area (Å²) in [6.45, 7) is 0. The third kappa shape index (κ3) is 5.28. The average molecular weight is 428 g/mol. The maximum Gasteiger partial charge on any atom is 0.416 e. The molecule has 3 rings (SSSR count). The summed E-state index contributed by atoms with van der Waals surface area (Å²) in [6.07, 6.45) is -9.22. The van der Waals surface area contributed by atoms with Gasteiger partial charge in [-0.1, -0.05) is 6.07 Å². The van der Waals surface area contributed by atoms with Gasteiger partial charge < -0.3 is 20.9 Å². The molecule has 0 unspecified atom stereocenters. The number of anilines is 2. The molecule has 0 fully saturated rings. The van der Waals surface area contributed by atoms with E-state index in [0.29, 0.717) is 0 Å². The molecule has 30 heavy (non-hydrogen) atoms. The standard InChI is InChI=1S/C20H14F6N2O2/c21-19(22,23)11-4-13(27)8-17(6-11)29-15-2-1-3-16(10-15)30-18-7-12(20(24,25)26)5-14(28)9-18/h1-10H,27-28H2. The van der Waals surface area contributed by atoms with E-state index < -0.39 is 23.5 Å². The maximum absolute atomic E-state index is 12.9. The van der Waals surface area contributed by atoms with Crippen molar-refractivity contribution in [2.24, 2.45) is 0 Å². The van der Waals surface area contributed by atoms with Crippen molar-refractivity contribution in [2.75, 3.05) is 11.5 Å². The maximum atomic E-state index is 12.9. The van der Waals surface area contributed by atoms with Crippen LogP contribution in [0.1, 0.15) is 11.1 Å². The fourth-order valence-corrected chi connectivity index (χ4v) is 2.56. The molecular weight excluding hydrogens is 414 g/mol. The highest BCUT2D eigenvalue weighted by Crippen LogP contribution is 2.37. The van der Waals surface area contributed by atoms with Crippen LogP contribution in [0.25, 0.3) is 0 Å². The minimum atomic E-state index is -4.61. The van der Waals surface area contributed by atoms with Gasteiger partial charge in [0.15, 0.2) is 0 Å². The van der Waals surface area contributed by atoms with Gasteiger partial charge in [0, 0.05) is 29.6 Å². The van der Waals surface area contributed by atoms with Gasteiger partial charge in [0.2, 0.25) is 0 Å². The van der Waals surface area contributed by atoms with Crippen molar-refractivity contribution in [3.63, 3.8) is 0 Å². The number of nitrogen functional groups attached to an aromatic ring is 2. The minimum absolute atomic E-state index is 0.0890. The minimum Gasteiger partial charge on any atom is -0.457 e. The Labute approximate surface area is 166 Å². The summed E-state index contributed by atoms with van der Waals surface area (Å²) in [5, 5.41) is 0. The molecule has 0 spiro atoms. The van der Waals surface area contributed by atoms with Crippen LogP contribution in [0.3, 0.4) is 0 Å². The van der Waals surface area contributed by atoms with E-state index in [2.05, 4.69) is 0 Å². The average Bonchev–Trinajstić information content (AvgIpc) is 2.59. The Morgan fingerprint density at radius 2 is 0.933 bits per heavy atom. The van der Waals surface area contributed by atoms with Gasteiger partial charge in [-0.05, 0) is 36.4 Å². The van der Waals surface area contributed by atoms with Crippen LogP contribution in [0.5, 0.6) is 23.0 Å². The third-order valence-corrected chi connectivity index (χ3v) is 3.79. The van der Waals surface area contributed by atoms with Crippen molar-refractivity contribution in [3.05, 3.63) is 71.8 Å². The van der Waals surface area contributed by atoms with Gasteiger partial charge in [-0.15, -0.1) is 0 Å². The van der Waals surface area contributed by atoms with Crippen LogP contribution < -0.4 is 20.9 Å². The zero-order chi connectivity index (χ0) is 22.1. The van der Waals surface area contributed by atoms with Crippen LogP contribution >= 0.6 is 0 Å². The van der Waals surface area contributed by atoms with Gasteiger partial charge in [0.1, 0.15) is 23.0 Å². The Kier molecular flexibility index (Phi) is 5.43. The number of nitrogens with two attached hydrogens (primary N) is 2. The van der Waals surface area contributed by atoms with Gasteiger partial charge in [0.05, 0.1) is 11.1 Å². The predicted octanol–water partition coefficient (Wildman–Crippen LogP) is 6.47. The van der Waals surface area contributed by atoms with Crippen molar-refractivity contribution in [1.29, 1.82) is 0 Å². The molecule has 4 nitrogen and oxygen atoms in total. The number of rotatable bonds is 4. The first kappa shape index (κ1) is 21.2. The van der Waals surface area contributed by atoms with E-state index in [1.54, 1.807) is 0 Å². The Morgan fingerprint density at radius 3 is 1.30 bits per heavy atom. The number of hydrogen-bond donors (Lipinski definition) is 2. The Hall–Kier alpha value is -3.56. The second kappa shape index (κ2) is 7.69. The van der Waals surface area contributed by atoms with Gasteiger partial charge >= 0.3 is 12.4 Å². The summed E-state index contributed by atoms with van der Waals surface area (Å²) in [5.74, 6) is -0.150. The lowest BCUT2D eigenvalue weighted by atomic mass is 10.2. The van der Waals surface area contributed by atoms with Gasteiger partial charge in [-0.2, -0.15) is 26.3 Å². The number of ether oxygens (including phenoxy) is 2. The molecule has 0 radical (unpaired) electrons. The Balaban J connectivity index is 1.85. The van der Waals surface area contributed by atoms with E-state index in [4.69, 9.17) is 20.9 Å². The zero-order valence-electron chi connectivity index (χ0n) is 15.0. The second-order valence-corrected chi connectivity index (χ2v) is 6.26. The Morgan fingerprint density at radius 1 is 0.533 bits per heavy atom. The molecule has 0 saturated heterocycles. The summed E-state index contributed by atoms with van der Waals surface area (Å²) < 4.78 is 88.3. The molecular formula is C20H14F6N2O2. The molecule has 0 bridgehead atoms. The number of halogens is 6. The molecule has 0 saturated carbocycles. The smallest absolute Gasteiger partial charge is 0.416 e. The fraction of sp³-hybridized carbons (Fsp3) is 0.100. The van der Waals surface area contributed by atoms with E-state index in [-0.39, 0.29) is 34.4 Å². The Bertz CT molecular complexity index is 983. The van der Waals surface area contributed by atoms with E-state index >= 15 is 0 Å². The van der Waals surface area contributed by atoms with E-state index in [9.17, 15) is 26.3 Å². The molecule has 0 aliphatic rings. The van der Waals surface area contributed by atoms with Crippen LogP contribution in [0.2, 0.25) is 0 Å². The highest BCUT2D eigenvalue weighted by atomic mass is 19.4. The quantitative estimate of drug-likeness (QED) is 0.369. The van der Waals surface area contributed by atoms with Gasteiger partial charge in [0.25, 0.3) is 0 Å². The molecule has 0 aliphatic carbocycles. The molecule has 0 aromatic heterocycles. The summed E-state index contributed by atoms with van der Waals surface area (Å²) in [7, 11) is 0. The SMILES string of the molecule is Nc1cc(Oc2cccc(Oc3cc(N)cc(C(F)(F)F)c3)c2)cc(C(F)(F)F)c1. The molecule has 3 aromatic carbocycles. The molecule has 4 N–H and O–H groups in total. The largest absolute Gasteiger partial charge is 0.457 e. The summed E-state index contributed by atoms with van der Waals surface area (Å²) in [4.78, 5) is 0. The predicted molar refractivity (Wildman–Crippen MR) is 98.3 cm³/mol. The lowest BCUT2D eigenvalue weighted by Gasteiger charge is -2.13. The summed E-state index contributed by atoms with van der Waals surface area (Å²) in [6, 6.07) is 11.1. The first-order chi connectivity index (χ1) is 13.9. The number of hydrogen-bond acceptors (Lipinski definition) is 4. The second-order valence-electron chi connectivity index (χ2n) is 6.26. The highest BCUT2D eigenvalue weighted by molar-refractivity contribution is 5.51. The monoisotopic (exact) mass is 428 g/mol. The molecule has 0 aliphatic heterocycles. The molecule has 158 valence electrons. The van der Waals surface area contributed by atoms with Crippen molar-refractivity contribution < 1.29 is 35.8 Å². The fourth-order valence-electron chi connectivity index (χ4n) is 2.56. The van der Waals surface area contributed by atoms with Crippen molar-refractivity contribution in [3.8, 4) is 23.0 Å². The van der Waals surface area contributed by atoms with Crippen molar-refractivity contribution in [2.45, 2.75) is 12.4 Å². The first-order valence-corrected chi connectivity index (χ1v) is 8.31. The molecule has 0 amide bonds. The lowest BCUT2D eigenvalue weighted by molar-refractivity contribution is -0.138.